The van der Waals surface area contributed by atoms with Crippen molar-refractivity contribution in [2.45, 2.75) is 32.2 Å². The minimum atomic E-state index is -3.21. The summed E-state index contributed by atoms with van der Waals surface area (Å²) in [5, 5.41) is 0. The van der Waals surface area contributed by atoms with Crippen molar-refractivity contribution in [2.24, 2.45) is 11.7 Å². The Hall–Kier alpha value is -0.620. The van der Waals surface area contributed by atoms with E-state index >= 15 is 0 Å². The molecule has 1 aliphatic rings. The molecule has 0 bridgehead atoms. The van der Waals surface area contributed by atoms with E-state index in [1.165, 1.54) is 0 Å². The van der Waals surface area contributed by atoms with E-state index in [0.717, 1.165) is 31.2 Å². The maximum atomic E-state index is 12.6. The van der Waals surface area contributed by atoms with Crippen LogP contribution in [0.1, 0.15) is 31.2 Å². The SMILES string of the molecule is Cl.NCCN(Cc1ccccc1)S(=O)(=O)CC1CCCC1. The van der Waals surface area contributed by atoms with Crippen LogP contribution in [0.3, 0.4) is 0 Å². The highest BCUT2D eigenvalue weighted by Gasteiger charge is 2.27. The van der Waals surface area contributed by atoms with Crippen LogP contribution in [0.4, 0.5) is 0 Å². The first-order valence-corrected chi connectivity index (χ1v) is 8.94. The number of nitrogens with two attached hydrogens (primary N) is 1. The van der Waals surface area contributed by atoms with Crippen molar-refractivity contribution in [3.63, 3.8) is 0 Å². The second-order valence-corrected chi connectivity index (χ2v) is 7.55. The van der Waals surface area contributed by atoms with Gasteiger partial charge in [0, 0.05) is 19.6 Å². The van der Waals surface area contributed by atoms with Crippen molar-refractivity contribution in [2.75, 3.05) is 18.8 Å². The van der Waals surface area contributed by atoms with E-state index in [4.69, 9.17) is 5.73 Å². The van der Waals surface area contributed by atoms with Crippen LogP contribution in [0.2, 0.25) is 0 Å². The molecule has 0 aliphatic heterocycles. The molecule has 120 valence electrons. The number of rotatable bonds is 7. The van der Waals surface area contributed by atoms with Gasteiger partial charge < -0.3 is 5.73 Å². The van der Waals surface area contributed by atoms with Crippen LogP contribution >= 0.6 is 12.4 Å². The van der Waals surface area contributed by atoms with E-state index in [-0.39, 0.29) is 18.2 Å². The highest BCUT2D eigenvalue weighted by molar-refractivity contribution is 7.89. The molecule has 0 radical (unpaired) electrons. The van der Waals surface area contributed by atoms with Gasteiger partial charge >= 0.3 is 0 Å². The molecule has 0 aromatic heterocycles. The molecule has 1 fully saturated rings. The molecular weight excluding hydrogens is 308 g/mol. The molecule has 0 atom stereocenters. The number of hydrogen-bond donors (Lipinski definition) is 1. The summed E-state index contributed by atoms with van der Waals surface area (Å²) in [6, 6.07) is 9.70. The lowest BCUT2D eigenvalue weighted by atomic mass is 10.1. The Morgan fingerprint density at radius 1 is 1.14 bits per heavy atom. The molecular formula is C15H25ClN2O2S. The molecule has 1 aliphatic carbocycles. The number of sulfonamides is 1. The fraction of sp³-hybridized carbons (Fsp3) is 0.600. The van der Waals surface area contributed by atoms with Gasteiger partial charge in [0.25, 0.3) is 0 Å². The van der Waals surface area contributed by atoms with Crippen molar-refractivity contribution in [3.8, 4) is 0 Å². The van der Waals surface area contributed by atoms with Gasteiger partial charge in [-0.1, -0.05) is 43.2 Å². The summed E-state index contributed by atoms with van der Waals surface area (Å²) >= 11 is 0. The lowest BCUT2D eigenvalue weighted by Crippen LogP contribution is -2.37. The number of nitrogens with zero attached hydrogens (tertiary/aromatic N) is 1. The van der Waals surface area contributed by atoms with Crippen molar-refractivity contribution in [1.29, 1.82) is 0 Å². The first-order valence-electron chi connectivity index (χ1n) is 7.33. The average molecular weight is 333 g/mol. The molecule has 6 heteroatoms. The van der Waals surface area contributed by atoms with Gasteiger partial charge in [-0.3, -0.25) is 0 Å². The highest BCUT2D eigenvalue weighted by atomic mass is 35.5. The Labute approximate surface area is 134 Å². The monoisotopic (exact) mass is 332 g/mol. The van der Waals surface area contributed by atoms with Gasteiger partial charge in [0.05, 0.1) is 5.75 Å². The predicted octanol–water partition coefficient (Wildman–Crippen LogP) is 2.39. The van der Waals surface area contributed by atoms with Crippen LogP contribution < -0.4 is 5.73 Å². The Balaban J connectivity index is 0.00000220. The quantitative estimate of drug-likeness (QED) is 0.833. The summed E-state index contributed by atoms with van der Waals surface area (Å²) in [5.41, 5.74) is 6.59. The molecule has 0 amide bonds. The minimum Gasteiger partial charge on any atom is -0.329 e. The van der Waals surface area contributed by atoms with Crippen LogP contribution in [0.15, 0.2) is 30.3 Å². The molecule has 0 spiro atoms. The van der Waals surface area contributed by atoms with E-state index in [0.29, 0.717) is 25.6 Å². The molecule has 2 N–H and O–H groups in total. The third-order valence-electron chi connectivity index (χ3n) is 3.89. The minimum absolute atomic E-state index is 0. The zero-order chi connectivity index (χ0) is 14.4. The Kier molecular flexibility index (Phi) is 7.66. The van der Waals surface area contributed by atoms with Crippen LogP contribution in [-0.4, -0.2) is 31.6 Å². The topological polar surface area (TPSA) is 63.4 Å². The van der Waals surface area contributed by atoms with Gasteiger partial charge in [-0.2, -0.15) is 4.31 Å². The van der Waals surface area contributed by atoms with Crippen LogP contribution in [0.5, 0.6) is 0 Å². The van der Waals surface area contributed by atoms with Crippen LogP contribution in [0, 0.1) is 5.92 Å². The molecule has 0 heterocycles. The number of halogens is 1. The highest BCUT2D eigenvalue weighted by Crippen LogP contribution is 2.27. The summed E-state index contributed by atoms with van der Waals surface area (Å²) in [6.07, 6.45) is 4.41. The van der Waals surface area contributed by atoms with Crippen molar-refractivity contribution in [3.05, 3.63) is 35.9 Å². The molecule has 0 saturated heterocycles. The van der Waals surface area contributed by atoms with E-state index < -0.39 is 10.0 Å². The fourth-order valence-corrected chi connectivity index (χ4v) is 4.70. The zero-order valence-electron chi connectivity index (χ0n) is 12.3. The molecule has 1 aromatic carbocycles. The molecule has 1 saturated carbocycles. The predicted molar refractivity (Wildman–Crippen MR) is 88.9 cm³/mol. The molecule has 1 aromatic rings. The molecule has 4 nitrogen and oxygen atoms in total. The van der Waals surface area contributed by atoms with Crippen molar-refractivity contribution in [1.82, 2.24) is 4.31 Å². The number of benzene rings is 1. The summed E-state index contributed by atoms with van der Waals surface area (Å²) < 4.78 is 26.6. The molecule has 0 unspecified atom stereocenters. The van der Waals surface area contributed by atoms with Crippen LogP contribution in [-0.2, 0) is 16.6 Å². The standard InChI is InChI=1S/C15H24N2O2S.ClH/c16-10-11-17(12-14-6-2-1-3-7-14)20(18,19)13-15-8-4-5-9-15;/h1-3,6-7,15H,4-5,8-13,16H2;1H. The summed E-state index contributed by atoms with van der Waals surface area (Å²) in [7, 11) is -3.21. The lowest BCUT2D eigenvalue weighted by molar-refractivity contribution is 0.406. The van der Waals surface area contributed by atoms with Gasteiger partial charge in [0.2, 0.25) is 10.0 Å². The van der Waals surface area contributed by atoms with Gasteiger partial charge in [-0.15, -0.1) is 12.4 Å². The average Bonchev–Trinajstić information content (AvgIpc) is 2.91. The lowest BCUT2D eigenvalue weighted by Gasteiger charge is -2.23. The zero-order valence-corrected chi connectivity index (χ0v) is 13.9. The Morgan fingerprint density at radius 3 is 2.33 bits per heavy atom. The normalized spacial score (nSPS) is 16.1. The molecule has 2 rings (SSSR count). The summed E-state index contributed by atoms with van der Waals surface area (Å²) in [4.78, 5) is 0. The smallest absolute Gasteiger partial charge is 0.214 e. The number of hydrogen-bond acceptors (Lipinski definition) is 3. The van der Waals surface area contributed by atoms with Crippen molar-refractivity contribution >= 4 is 22.4 Å². The van der Waals surface area contributed by atoms with E-state index in [1.54, 1.807) is 4.31 Å². The first kappa shape index (κ1) is 18.4. The maximum Gasteiger partial charge on any atom is 0.214 e. The van der Waals surface area contributed by atoms with Gasteiger partial charge in [-0.25, -0.2) is 8.42 Å². The third kappa shape index (κ3) is 5.58. The molecule has 21 heavy (non-hydrogen) atoms. The van der Waals surface area contributed by atoms with E-state index in [9.17, 15) is 8.42 Å². The largest absolute Gasteiger partial charge is 0.329 e. The second kappa shape index (κ2) is 8.73. The third-order valence-corrected chi connectivity index (χ3v) is 5.89. The van der Waals surface area contributed by atoms with E-state index in [1.807, 2.05) is 30.3 Å². The summed E-state index contributed by atoms with van der Waals surface area (Å²) in [5.74, 6) is 0.607. The second-order valence-electron chi connectivity index (χ2n) is 5.54. The summed E-state index contributed by atoms with van der Waals surface area (Å²) in [6.45, 7) is 1.17. The van der Waals surface area contributed by atoms with Gasteiger partial charge in [0.1, 0.15) is 0 Å². The maximum absolute atomic E-state index is 12.6. The van der Waals surface area contributed by atoms with Gasteiger partial charge in [0.15, 0.2) is 0 Å². The van der Waals surface area contributed by atoms with Crippen LogP contribution in [0.25, 0.3) is 0 Å². The van der Waals surface area contributed by atoms with Crippen molar-refractivity contribution < 1.29 is 8.42 Å². The first-order chi connectivity index (χ1) is 9.62. The van der Waals surface area contributed by atoms with Gasteiger partial charge in [-0.05, 0) is 24.3 Å². The Morgan fingerprint density at radius 2 is 1.76 bits per heavy atom. The fourth-order valence-electron chi connectivity index (χ4n) is 2.83. The van der Waals surface area contributed by atoms with E-state index in [2.05, 4.69) is 0 Å². The Bertz CT molecular complexity index is 502.